The molecular formula is C25H26N6O. The van der Waals surface area contributed by atoms with Gasteiger partial charge in [-0.3, -0.25) is 0 Å². The van der Waals surface area contributed by atoms with Crippen LogP contribution in [-0.4, -0.2) is 48.2 Å². The third-order valence-electron chi connectivity index (χ3n) is 5.77. The van der Waals surface area contributed by atoms with Gasteiger partial charge in [0.1, 0.15) is 17.4 Å². The fourth-order valence-electron chi connectivity index (χ4n) is 4.04. The third-order valence-corrected chi connectivity index (χ3v) is 5.77. The number of nitrogens with one attached hydrogen (secondary N) is 1. The van der Waals surface area contributed by atoms with Gasteiger partial charge in [-0.05, 0) is 30.3 Å². The van der Waals surface area contributed by atoms with Crippen molar-refractivity contribution < 1.29 is 4.74 Å². The van der Waals surface area contributed by atoms with Crippen LogP contribution in [0.25, 0.3) is 10.9 Å². The van der Waals surface area contributed by atoms with Crippen LogP contribution < -0.4 is 19.9 Å². The predicted octanol–water partition coefficient (Wildman–Crippen LogP) is 3.97. The van der Waals surface area contributed by atoms with Crippen LogP contribution in [0.1, 0.15) is 5.56 Å². The van der Waals surface area contributed by atoms with E-state index < -0.39 is 0 Å². The zero-order chi connectivity index (χ0) is 21.8. The topological polar surface area (TPSA) is 66.4 Å². The molecule has 0 unspecified atom stereocenters. The van der Waals surface area contributed by atoms with Gasteiger partial charge in [-0.2, -0.15) is 4.98 Å². The highest BCUT2D eigenvalue weighted by Crippen LogP contribution is 2.26. The maximum absolute atomic E-state index is 5.50. The zero-order valence-electron chi connectivity index (χ0n) is 18.1. The minimum Gasteiger partial charge on any atom is -0.496 e. The van der Waals surface area contributed by atoms with Gasteiger partial charge in [0.15, 0.2) is 0 Å². The Kier molecular flexibility index (Phi) is 5.70. The van der Waals surface area contributed by atoms with Crippen LogP contribution in [0.3, 0.4) is 0 Å². The van der Waals surface area contributed by atoms with Crippen LogP contribution in [-0.2, 0) is 6.54 Å². The lowest BCUT2D eigenvalue weighted by Crippen LogP contribution is -2.47. The number of hydrogen-bond donors (Lipinski definition) is 1. The number of fused-ring (bicyclic) bond motifs is 1. The third kappa shape index (κ3) is 4.14. The first-order valence-electron chi connectivity index (χ1n) is 10.9. The second-order valence-electron chi connectivity index (χ2n) is 7.72. The van der Waals surface area contributed by atoms with Gasteiger partial charge >= 0.3 is 0 Å². The molecule has 4 aromatic rings. The Morgan fingerprint density at radius 1 is 0.844 bits per heavy atom. The Balaban J connectivity index is 1.38. The molecule has 0 atom stereocenters. The molecule has 7 heteroatoms. The molecule has 0 radical (unpaired) electrons. The Hall–Kier alpha value is -3.87. The van der Waals surface area contributed by atoms with Crippen molar-refractivity contribution in [2.45, 2.75) is 6.54 Å². The lowest BCUT2D eigenvalue weighted by molar-refractivity contribution is 0.410. The summed E-state index contributed by atoms with van der Waals surface area (Å²) in [6.07, 6.45) is 1.84. The summed E-state index contributed by atoms with van der Waals surface area (Å²) >= 11 is 0. The Morgan fingerprint density at radius 2 is 1.59 bits per heavy atom. The maximum Gasteiger partial charge on any atom is 0.228 e. The van der Waals surface area contributed by atoms with Crippen LogP contribution in [0.5, 0.6) is 5.75 Å². The van der Waals surface area contributed by atoms with Gasteiger partial charge < -0.3 is 19.9 Å². The molecule has 2 aromatic heterocycles. The second-order valence-corrected chi connectivity index (χ2v) is 7.72. The molecule has 7 nitrogen and oxygen atoms in total. The van der Waals surface area contributed by atoms with Gasteiger partial charge in [0.05, 0.1) is 12.6 Å². The highest BCUT2D eigenvalue weighted by Gasteiger charge is 2.21. The molecule has 1 N–H and O–H groups in total. The molecule has 0 saturated carbocycles. The standard InChI is InChI=1S/C25H26N6O/c1-32-22-11-5-2-8-19(22)18-27-24-20-9-3-4-10-21(20)28-25(29-24)31-16-14-30(15-17-31)23-12-6-7-13-26-23/h2-13H,14-18H2,1H3,(H,27,28,29). The molecule has 1 fully saturated rings. The van der Waals surface area contributed by atoms with E-state index in [-0.39, 0.29) is 0 Å². The number of anilines is 3. The van der Waals surface area contributed by atoms with E-state index >= 15 is 0 Å². The van der Waals surface area contributed by atoms with Crippen molar-refractivity contribution in [2.24, 2.45) is 0 Å². The van der Waals surface area contributed by atoms with Gasteiger partial charge in [0, 0.05) is 49.9 Å². The summed E-state index contributed by atoms with van der Waals surface area (Å²) < 4.78 is 5.50. The summed E-state index contributed by atoms with van der Waals surface area (Å²) in [5, 5.41) is 4.53. The predicted molar refractivity (Wildman–Crippen MR) is 129 cm³/mol. The molecule has 5 rings (SSSR count). The van der Waals surface area contributed by atoms with Crippen molar-refractivity contribution in [3.8, 4) is 5.75 Å². The molecule has 0 bridgehead atoms. The molecular weight excluding hydrogens is 400 g/mol. The quantitative estimate of drug-likeness (QED) is 0.500. The van der Waals surface area contributed by atoms with E-state index in [1.165, 1.54) is 0 Å². The number of methoxy groups -OCH3 is 1. The highest BCUT2D eigenvalue weighted by atomic mass is 16.5. The van der Waals surface area contributed by atoms with Crippen LogP contribution in [0.15, 0.2) is 72.9 Å². The first kappa shape index (κ1) is 20.1. The number of nitrogens with zero attached hydrogens (tertiary/aromatic N) is 5. The van der Waals surface area contributed by atoms with Gasteiger partial charge in [-0.15, -0.1) is 0 Å². The van der Waals surface area contributed by atoms with Gasteiger partial charge in [0.2, 0.25) is 5.95 Å². The van der Waals surface area contributed by atoms with Crippen molar-refractivity contribution in [3.05, 3.63) is 78.5 Å². The number of hydrogen-bond acceptors (Lipinski definition) is 7. The van der Waals surface area contributed by atoms with Crippen LogP contribution in [0.2, 0.25) is 0 Å². The molecule has 3 heterocycles. The largest absolute Gasteiger partial charge is 0.496 e. The normalized spacial score (nSPS) is 13.9. The molecule has 32 heavy (non-hydrogen) atoms. The summed E-state index contributed by atoms with van der Waals surface area (Å²) in [6, 6.07) is 22.2. The fourth-order valence-corrected chi connectivity index (χ4v) is 4.04. The monoisotopic (exact) mass is 426 g/mol. The average molecular weight is 427 g/mol. The number of piperazine rings is 1. The Bertz CT molecular complexity index is 1190. The van der Waals surface area contributed by atoms with Gasteiger partial charge in [-0.1, -0.05) is 36.4 Å². The Morgan fingerprint density at radius 3 is 2.41 bits per heavy atom. The van der Waals surface area contributed by atoms with E-state index in [2.05, 4.69) is 38.3 Å². The molecule has 0 amide bonds. The van der Waals surface area contributed by atoms with Crippen molar-refractivity contribution in [1.82, 2.24) is 15.0 Å². The first-order valence-corrected chi connectivity index (χ1v) is 10.9. The van der Waals surface area contributed by atoms with Gasteiger partial charge in [0.25, 0.3) is 0 Å². The van der Waals surface area contributed by atoms with Crippen molar-refractivity contribution in [2.75, 3.05) is 48.4 Å². The second kappa shape index (κ2) is 9.09. The zero-order valence-corrected chi connectivity index (χ0v) is 18.1. The lowest BCUT2D eigenvalue weighted by Gasteiger charge is -2.35. The van der Waals surface area contributed by atoms with E-state index in [0.29, 0.717) is 6.54 Å². The van der Waals surface area contributed by atoms with E-state index in [1.54, 1.807) is 7.11 Å². The summed E-state index contributed by atoms with van der Waals surface area (Å²) in [6.45, 7) is 4.09. The Labute approximate surface area is 187 Å². The van der Waals surface area contributed by atoms with E-state index in [1.807, 2.05) is 54.7 Å². The maximum atomic E-state index is 5.50. The SMILES string of the molecule is COc1ccccc1CNc1nc(N2CCN(c3ccccn3)CC2)nc2ccccc12. The van der Waals surface area contributed by atoms with Crippen LogP contribution in [0, 0.1) is 0 Å². The number of ether oxygens (including phenoxy) is 1. The number of benzene rings is 2. The highest BCUT2D eigenvalue weighted by molar-refractivity contribution is 5.90. The smallest absolute Gasteiger partial charge is 0.228 e. The molecule has 162 valence electrons. The summed E-state index contributed by atoms with van der Waals surface area (Å²) in [5.74, 6) is 3.48. The number of para-hydroxylation sites is 2. The molecule has 2 aromatic carbocycles. The number of rotatable bonds is 6. The average Bonchev–Trinajstić information content (AvgIpc) is 2.88. The fraction of sp³-hybridized carbons (Fsp3) is 0.240. The molecule has 1 saturated heterocycles. The lowest BCUT2D eigenvalue weighted by atomic mass is 10.2. The van der Waals surface area contributed by atoms with E-state index in [4.69, 9.17) is 14.7 Å². The molecule has 1 aliphatic heterocycles. The molecule has 0 spiro atoms. The van der Waals surface area contributed by atoms with E-state index in [9.17, 15) is 0 Å². The summed E-state index contributed by atoms with van der Waals surface area (Å²) in [4.78, 5) is 18.8. The first-order chi connectivity index (χ1) is 15.8. The minimum atomic E-state index is 0.623. The van der Waals surface area contributed by atoms with Crippen molar-refractivity contribution in [1.29, 1.82) is 0 Å². The number of pyridine rings is 1. The van der Waals surface area contributed by atoms with Crippen molar-refractivity contribution in [3.63, 3.8) is 0 Å². The number of aromatic nitrogens is 3. The van der Waals surface area contributed by atoms with Crippen LogP contribution >= 0.6 is 0 Å². The minimum absolute atomic E-state index is 0.623. The molecule has 0 aliphatic carbocycles. The molecule has 1 aliphatic rings. The van der Waals surface area contributed by atoms with Crippen molar-refractivity contribution >= 4 is 28.5 Å². The van der Waals surface area contributed by atoms with Crippen LogP contribution in [0.4, 0.5) is 17.6 Å². The van der Waals surface area contributed by atoms with E-state index in [0.717, 1.165) is 66.0 Å². The summed E-state index contributed by atoms with van der Waals surface area (Å²) in [5.41, 5.74) is 2.02. The van der Waals surface area contributed by atoms with Gasteiger partial charge in [-0.25, -0.2) is 9.97 Å². The summed E-state index contributed by atoms with van der Waals surface area (Å²) in [7, 11) is 1.70.